The van der Waals surface area contributed by atoms with Crippen molar-refractivity contribution >= 4 is 28.5 Å². The molecule has 7 nitrogen and oxygen atoms in total. The quantitative estimate of drug-likeness (QED) is 0.417. The topological polar surface area (TPSA) is 80.8 Å². The normalized spacial score (nSPS) is 11.0. The fourth-order valence-electron chi connectivity index (χ4n) is 3.19. The molecule has 0 aliphatic heterocycles. The highest BCUT2D eigenvalue weighted by Crippen LogP contribution is 2.27. The summed E-state index contributed by atoms with van der Waals surface area (Å²) < 4.78 is 7.22. The summed E-state index contributed by atoms with van der Waals surface area (Å²) in [4.78, 5) is 9.42. The van der Waals surface area contributed by atoms with Gasteiger partial charge in [-0.25, -0.2) is 4.68 Å². The standard InChI is InChI=1S/C23H20N6O/c1-16-9-11-17(12-10-16)26-21-20-15-25-29(18-6-3-2-4-7-18)22(20)28-23(27-21)24-14-19-8-5-13-30-19/h2-13,15H,14H2,1H3,(H2,24,26,27,28). The van der Waals surface area contributed by atoms with E-state index in [1.807, 2.05) is 59.3 Å². The van der Waals surface area contributed by atoms with E-state index in [-0.39, 0.29) is 0 Å². The smallest absolute Gasteiger partial charge is 0.227 e. The number of rotatable bonds is 6. The van der Waals surface area contributed by atoms with Gasteiger partial charge in [0, 0.05) is 5.69 Å². The van der Waals surface area contributed by atoms with Crippen molar-refractivity contribution in [3.8, 4) is 5.69 Å². The van der Waals surface area contributed by atoms with E-state index in [1.54, 1.807) is 12.5 Å². The number of hydrogen-bond acceptors (Lipinski definition) is 6. The summed E-state index contributed by atoms with van der Waals surface area (Å²) in [6, 6.07) is 21.9. The molecule has 0 radical (unpaired) electrons. The Morgan fingerprint density at radius 3 is 2.53 bits per heavy atom. The highest BCUT2D eigenvalue weighted by atomic mass is 16.3. The Balaban J connectivity index is 1.57. The lowest BCUT2D eigenvalue weighted by Crippen LogP contribution is -2.07. The zero-order chi connectivity index (χ0) is 20.3. The van der Waals surface area contributed by atoms with Crippen molar-refractivity contribution in [3.63, 3.8) is 0 Å². The van der Waals surface area contributed by atoms with Crippen LogP contribution in [0.25, 0.3) is 16.7 Å². The van der Waals surface area contributed by atoms with E-state index in [4.69, 9.17) is 14.4 Å². The largest absolute Gasteiger partial charge is 0.467 e. The number of aromatic nitrogens is 4. The number of anilines is 3. The van der Waals surface area contributed by atoms with Crippen molar-refractivity contribution in [2.45, 2.75) is 13.5 Å². The van der Waals surface area contributed by atoms with Crippen molar-refractivity contribution in [3.05, 3.63) is 90.5 Å². The van der Waals surface area contributed by atoms with E-state index in [1.165, 1.54) is 5.56 Å². The first-order chi connectivity index (χ1) is 14.8. The van der Waals surface area contributed by atoms with E-state index < -0.39 is 0 Å². The Kier molecular flexibility index (Phi) is 4.61. The molecule has 30 heavy (non-hydrogen) atoms. The van der Waals surface area contributed by atoms with Crippen LogP contribution >= 0.6 is 0 Å². The molecule has 0 unspecified atom stereocenters. The lowest BCUT2D eigenvalue weighted by molar-refractivity contribution is 0.517. The molecule has 3 aromatic heterocycles. The van der Waals surface area contributed by atoms with Gasteiger partial charge in [-0.2, -0.15) is 15.1 Å². The summed E-state index contributed by atoms with van der Waals surface area (Å²) in [5.41, 5.74) is 3.80. The molecule has 148 valence electrons. The molecular formula is C23H20N6O. The number of fused-ring (bicyclic) bond motifs is 1. The first-order valence-electron chi connectivity index (χ1n) is 9.67. The number of benzene rings is 2. The minimum absolute atomic E-state index is 0.488. The molecule has 0 saturated heterocycles. The van der Waals surface area contributed by atoms with Gasteiger partial charge in [0.25, 0.3) is 0 Å². The second kappa shape index (κ2) is 7.71. The third-order valence-corrected chi connectivity index (χ3v) is 4.74. The van der Waals surface area contributed by atoms with Gasteiger partial charge in [0.1, 0.15) is 11.6 Å². The van der Waals surface area contributed by atoms with Gasteiger partial charge in [-0.1, -0.05) is 35.9 Å². The summed E-state index contributed by atoms with van der Waals surface area (Å²) in [5, 5.41) is 12.0. The summed E-state index contributed by atoms with van der Waals surface area (Å²) in [6.07, 6.45) is 3.44. The van der Waals surface area contributed by atoms with Crippen molar-refractivity contribution in [1.29, 1.82) is 0 Å². The fourth-order valence-corrected chi connectivity index (χ4v) is 3.19. The van der Waals surface area contributed by atoms with E-state index in [2.05, 4.69) is 34.8 Å². The lowest BCUT2D eigenvalue weighted by atomic mass is 10.2. The van der Waals surface area contributed by atoms with Gasteiger partial charge in [-0.05, 0) is 43.3 Å². The number of nitrogens with one attached hydrogen (secondary N) is 2. The number of para-hydroxylation sites is 1. The van der Waals surface area contributed by atoms with Crippen LogP contribution < -0.4 is 10.6 Å². The van der Waals surface area contributed by atoms with Crippen molar-refractivity contribution in [2.75, 3.05) is 10.6 Å². The van der Waals surface area contributed by atoms with Gasteiger partial charge in [-0.3, -0.25) is 0 Å². The van der Waals surface area contributed by atoms with Gasteiger partial charge < -0.3 is 15.1 Å². The Morgan fingerprint density at radius 1 is 0.933 bits per heavy atom. The molecule has 3 heterocycles. The maximum atomic E-state index is 5.41. The van der Waals surface area contributed by atoms with Crippen LogP contribution in [-0.4, -0.2) is 19.7 Å². The van der Waals surface area contributed by atoms with Crippen molar-refractivity contribution in [1.82, 2.24) is 19.7 Å². The van der Waals surface area contributed by atoms with E-state index in [9.17, 15) is 0 Å². The molecule has 0 bridgehead atoms. The molecule has 0 atom stereocenters. The van der Waals surface area contributed by atoms with Crippen LogP contribution in [0.1, 0.15) is 11.3 Å². The minimum atomic E-state index is 0.488. The van der Waals surface area contributed by atoms with Crippen molar-refractivity contribution < 1.29 is 4.42 Å². The van der Waals surface area contributed by atoms with Gasteiger partial charge in [0.05, 0.1) is 30.1 Å². The molecular weight excluding hydrogens is 376 g/mol. The number of aryl methyl sites for hydroxylation is 1. The van der Waals surface area contributed by atoms with Crippen LogP contribution in [-0.2, 0) is 6.54 Å². The van der Waals surface area contributed by atoms with E-state index >= 15 is 0 Å². The first-order valence-corrected chi connectivity index (χ1v) is 9.67. The zero-order valence-electron chi connectivity index (χ0n) is 16.4. The third kappa shape index (κ3) is 3.60. The maximum absolute atomic E-state index is 5.41. The summed E-state index contributed by atoms with van der Waals surface area (Å²) in [5.74, 6) is 1.99. The number of hydrogen-bond donors (Lipinski definition) is 2. The predicted octanol–water partition coefficient (Wildman–Crippen LogP) is 5.07. The highest BCUT2D eigenvalue weighted by Gasteiger charge is 2.14. The molecule has 2 N–H and O–H groups in total. The molecule has 0 aliphatic rings. The Hall–Kier alpha value is -4.13. The van der Waals surface area contributed by atoms with Gasteiger partial charge in [0.15, 0.2) is 5.65 Å². The lowest BCUT2D eigenvalue weighted by Gasteiger charge is -2.11. The third-order valence-electron chi connectivity index (χ3n) is 4.74. The van der Waals surface area contributed by atoms with Crippen LogP contribution in [0.15, 0.2) is 83.6 Å². The van der Waals surface area contributed by atoms with Crippen LogP contribution in [0, 0.1) is 6.92 Å². The molecule has 2 aromatic carbocycles. The Labute approximate surface area is 173 Å². The Bertz CT molecular complexity index is 1260. The van der Waals surface area contributed by atoms with Crippen LogP contribution in [0.2, 0.25) is 0 Å². The molecule has 5 rings (SSSR count). The number of nitrogens with zero attached hydrogens (tertiary/aromatic N) is 4. The fraction of sp³-hybridized carbons (Fsp3) is 0.0870. The molecule has 0 amide bonds. The summed E-state index contributed by atoms with van der Waals surface area (Å²) >= 11 is 0. The van der Waals surface area contributed by atoms with Gasteiger partial charge in [0.2, 0.25) is 5.95 Å². The number of furan rings is 1. The zero-order valence-corrected chi connectivity index (χ0v) is 16.4. The first kappa shape index (κ1) is 17.9. The minimum Gasteiger partial charge on any atom is -0.467 e. The average Bonchev–Trinajstić information content (AvgIpc) is 3.44. The SMILES string of the molecule is Cc1ccc(Nc2nc(NCc3ccco3)nc3c2cnn3-c2ccccc2)cc1. The van der Waals surface area contributed by atoms with Crippen LogP contribution in [0.4, 0.5) is 17.5 Å². The second-order valence-electron chi connectivity index (χ2n) is 6.95. The highest BCUT2D eigenvalue weighted by molar-refractivity contribution is 5.90. The molecule has 0 saturated carbocycles. The molecule has 0 aliphatic carbocycles. The second-order valence-corrected chi connectivity index (χ2v) is 6.95. The maximum Gasteiger partial charge on any atom is 0.227 e. The summed E-state index contributed by atoms with van der Waals surface area (Å²) in [7, 11) is 0. The molecule has 5 aromatic rings. The summed E-state index contributed by atoms with van der Waals surface area (Å²) in [6.45, 7) is 2.55. The molecule has 0 spiro atoms. The van der Waals surface area contributed by atoms with Crippen LogP contribution in [0.3, 0.4) is 0 Å². The van der Waals surface area contributed by atoms with Gasteiger partial charge >= 0.3 is 0 Å². The van der Waals surface area contributed by atoms with E-state index in [0.717, 1.165) is 22.5 Å². The van der Waals surface area contributed by atoms with Crippen molar-refractivity contribution in [2.24, 2.45) is 0 Å². The monoisotopic (exact) mass is 396 g/mol. The average molecular weight is 396 g/mol. The predicted molar refractivity (Wildman–Crippen MR) is 117 cm³/mol. The Morgan fingerprint density at radius 2 is 1.77 bits per heavy atom. The van der Waals surface area contributed by atoms with Gasteiger partial charge in [-0.15, -0.1) is 0 Å². The van der Waals surface area contributed by atoms with Crippen LogP contribution in [0.5, 0.6) is 0 Å². The van der Waals surface area contributed by atoms with E-state index in [0.29, 0.717) is 24.0 Å². The molecule has 0 fully saturated rings. The molecule has 7 heteroatoms.